The van der Waals surface area contributed by atoms with E-state index in [1.165, 1.54) is 43.4 Å². The molecule has 6 rings (SSSR count). The monoisotopic (exact) mass is 300 g/mol. The van der Waals surface area contributed by atoms with E-state index in [0.29, 0.717) is 0 Å². The van der Waals surface area contributed by atoms with Crippen LogP contribution in [0.4, 0.5) is 0 Å². The van der Waals surface area contributed by atoms with Gasteiger partial charge >= 0.3 is 0 Å². The summed E-state index contributed by atoms with van der Waals surface area (Å²) in [6.45, 7) is 2.11. The molecule has 2 aliphatic rings. The molecular weight excluding hydrogens is 284 g/mol. The molecule has 0 saturated carbocycles. The minimum absolute atomic E-state index is 0.0176. The average molecular weight is 300 g/mol. The van der Waals surface area contributed by atoms with Crippen molar-refractivity contribution < 1.29 is 9.84 Å². The number of aliphatic hydroxyl groups is 1. The zero-order valence-electron chi connectivity index (χ0n) is 12.8. The number of ether oxygens (including phenoxy) is 1. The summed E-state index contributed by atoms with van der Waals surface area (Å²) in [5.41, 5.74) is 2.56. The molecule has 1 fully saturated rings. The lowest BCUT2D eigenvalue weighted by Gasteiger charge is -2.27. The van der Waals surface area contributed by atoms with Crippen LogP contribution in [0.1, 0.15) is 30.1 Å². The molecular formula is C21H16O2. The lowest BCUT2D eigenvalue weighted by atomic mass is 9.78. The molecule has 0 amide bonds. The fourth-order valence-electron chi connectivity index (χ4n) is 4.63. The summed E-state index contributed by atoms with van der Waals surface area (Å²) in [7, 11) is 0. The molecule has 4 atom stereocenters. The summed E-state index contributed by atoms with van der Waals surface area (Å²) in [6.07, 6.45) is -0.336. The van der Waals surface area contributed by atoms with Gasteiger partial charge in [-0.25, -0.2) is 0 Å². The van der Waals surface area contributed by atoms with E-state index in [1.807, 2.05) is 0 Å². The van der Waals surface area contributed by atoms with Gasteiger partial charge in [0.1, 0.15) is 12.2 Å². The van der Waals surface area contributed by atoms with Crippen LogP contribution < -0.4 is 0 Å². The van der Waals surface area contributed by atoms with Gasteiger partial charge in [0.25, 0.3) is 0 Å². The fraction of sp³-hybridized carbons (Fsp3) is 0.238. The van der Waals surface area contributed by atoms with E-state index >= 15 is 0 Å². The second-order valence-corrected chi connectivity index (χ2v) is 7.04. The highest BCUT2D eigenvalue weighted by Crippen LogP contribution is 2.54. The van der Waals surface area contributed by atoms with Crippen LogP contribution in [0, 0.1) is 0 Å². The first-order valence-electron chi connectivity index (χ1n) is 8.28. The minimum atomic E-state index is -0.388. The standard InChI is InChI=1S/C21H16O2/c1-10-15-9-13-6-5-11-3-2-4-12-7-8-14(17(13)16(11)12)18(15)20-21(23-20)19(10)22/h2-10,19-22H,1H3/t10-,19+,20-,21+/m1/s1. The van der Waals surface area contributed by atoms with E-state index in [0.717, 1.165) is 0 Å². The number of hydrogen-bond acceptors (Lipinski definition) is 2. The molecule has 1 saturated heterocycles. The molecule has 4 aromatic carbocycles. The van der Waals surface area contributed by atoms with Gasteiger partial charge in [-0.3, -0.25) is 0 Å². The molecule has 1 aliphatic heterocycles. The zero-order chi connectivity index (χ0) is 15.3. The van der Waals surface area contributed by atoms with Crippen molar-refractivity contribution in [1.82, 2.24) is 0 Å². The topological polar surface area (TPSA) is 32.8 Å². The zero-order valence-corrected chi connectivity index (χ0v) is 12.8. The van der Waals surface area contributed by atoms with Crippen LogP contribution >= 0.6 is 0 Å². The van der Waals surface area contributed by atoms with Crippen molar-refractivity contribution in [2.75, 3.05) is 0 Å². The number of hydrogen-bond donors (Lipinski definition) is 1. The smallest absolute Gasteiger partial charge is 0.115 e. The molecule has 0 radical (unpaired) electrons. The lowest BCUT2D eigenvalue weighted by Crippen LogP contribution is -2.27. The Labute approximate surface area is 133 Å². The molecule has 2 heteroatoms. The predicted octanol–water partition coefficient (Wildman–Crippen LogP) is 4.50. The molecule has 0 unspecified atom stereocenters. The Kier molecular flexibility index (Phi) is 2.05. The quantitative estimate of drug-likeness (QED) is 0.383. The number of fused-ring (bicyclic) bond motifs is 4. The number of epoxide rings is 1. The summed E-state index contributed by atoms with van der Waals surface area (Å²) in [5, 5.41) is 18.2. The van der Waals surface area contributed by atoms with Crippen molar-refractivity contribution in [2.45, 2.75) is 31.2 Å². The van der Waals surface area contributed by atoms with Gasteiger partial charge in [0, 0.05) is 5.92 Å². The van der Waals surface area contributed by atoms with Gasteiger partial charge in [0.05, 0.1) is 6.10 Å². The Morgan fingerprint density at radius 3 is 2.48 bits per heavy atom. The van der Waals surface area contributed by atoms with E-state index in [4.69, 9.17) is 4.74 Å². The second-order valence-electron chi connectivity index (χ2n) is 7.04. The third kappa shape index (κ3) is 1.37. The second kappa shape index (κ2) is 3.84. The molecule has 1 aliphatic carbocycles. The normalized spacial score (nSPS) is 29.1. The fourth-order valence-corrected chi connectivity index (χ4v) is 4.63. The number of rotatable bonds is 0. The number of aliphatic hydroxyl groups excluding tert-OH is 1. The first-order chi connectivity index (χ1) is 11.2. The van der Waals surface area contributed by atoms with Crippen molar-refractivity contribution in [2.24, 2.45) is 0 Å². The van der Waals surface area contributed by atoms with Crippen LogP contribution in [0.15, 0.2) is 48.5 Å². The van der Waals surface area contributed by atoms with Crippen LogP contribution in [0.5, 0.6) is 0 Å². The molecule has 112 valence electrons. The Morgan fingerprint density at radius 1 is 0.913 bits per heavy atom. The third-order valence-corrected chi connectivity index (χ3v) is 5.87. The number of benzene rings is 4. The van der Waals surface area contributed by atoms with Gasteiger partial charge < -0.3 is 9.84 Å². The van der Waals surface area contributed by atoms with Crippen molar-refractivity contribution in [3.63, 3.8) is 0 Å². The van der Waals surface area contributed by atoms with Crippen molar-refractivity contribution in [1.29, 1.82) is 0 Å². The maximum absolute atomic E-state index is 10.4. The third-order valence-electron chi connectivity index (χ3n) is 5.87. The molecule has 1 heterocycles. The van der Waals surface area contributed by atoms with Gasteiger partial charge in [0.15, 0.2) is 0 Å². The molecule has 2 nitrogen and oxygen atoms in total. The highest BCUT2D eigenvalue weighted by atomic mass is 16.6. The average Bonchev–Trinajstić information content (AvgIpc) is 3.37. The van der Waals surface area contributed by atoms with Crippen LogP contribution in [0.3, 0.4) is 0 Å². The van der Waals surface area contributed by atoms with Gasteiger partial charge in [-0.05, 0) is 43.4 Å². The highest BCUT2D eigenvalue weighted by molar-refractivity contribution is 6.23. The van der Waals surface area contributed by atoms with Crippen LogP contribution in [0.25, 0.3) is 32.3 Å². The summed E-state index contributed by atoms with van der Waals surface area (Å²) < 4.78 is 5.83. The predicted molar refractivity (Wildman–Crippen MR) is 92.2 cm³/mol. The van der Waals surface area contributed by atoms with Crippen molar-refractivity contribution in [3.05, 3.63) is 59.7 Å². The maximum atomic E-state index is 10.4. The van der Waals surface area contributed by atoms with E-state index < -0.39 is 0 Å². The van der Waals surface area contributed by atoms with Gasteiger partial charge in [0.2, 0.25) is 0 Å². The molecule has 4 aromatic rings. The molecule has 0 spiro atoms. The van der Waals surface area contributed by atoms with Crippen LogP contribution in [0.2, 0.25) is 0 Å². The Balaban J connectivity index is 1.86. The van der Waals surface area contributed by atoms with E-state index in [2.05, 4.69) is 55.5 Å². The van der Waals surface area contributed by atoms with Gasteiger partial charge in [-0.1, -0.05) is 55.5 Å². The van der Waals surface area contributed by atoms with Crippen LogP contribution in [-0.2, 0) is 4.74 Å². The molecule has 1 N–H and O–H groups in total. The lowest BCUT2D eigenvalue weighted by molar-refractivity contribution is 0.113. The summed E-state index contributed by atoms with van der Waals surface area (Å²) in [6, 6.07) is 17.6. The Morgan fingerprint density at radius 2 is 1.65 bits per heavy atom. The largest absolute Gasteiger partial charge is 0.390 e. The summed E-state index contributed by atoms with van der Waals surface area (Å²) >= 11 is 0. The minimum Gasteiger partial charge on any atom is -0.390 e. The van der Waals surface area contributed by atoms with E-state index in [-0.39, 0.29) is 24.2 Å². The van der Waals surface area contributed by atoms with Gasteiger partial charge in [-0.15, -0.1) is 0 Å². The van der Waals surface area contributed by atoms with Gasteiger partial charge in [-0.2, -0.15) is 0 Å². The summed E-state index contributed by atoms with van der Waals surface area (Å²) in [5.74, 6) is 0.121. The highest BCUT2D eigenvalue weighted by Gasteiger charge is 2.53. The van der Waals surface area contributed by atoms with Crippen molar-refractivity contribution >= 4 is 32.3 Å². The Bertz CT molecular complexity index is 1080. The van der Waals surface area contributed by atoms with E-state index in [1.54, 1.807) is 0 Å². The van der Waals surface area contributed by atoms with E-state index in [9.17, 15) is 5.11 Å². The first kappa shape index (κ1) is 12.3. The molecule has 23 heavy (non-hydrogen) atoms. The summed E-state index contributed by atoms with van der Waals surface area (Å²) in [4.78, 5) is 0. The maximum Gasteiger partial charge on any atom is 0.115 e. The molecule has 0 aromatic heterocycles. The molecule has 0 bridgehead atoms. The first-order valence-corrected chi connectivity index (χ1v) is 8.28. The SMILES string of the molecule is C[C@@H]1c2cc3ccc4cccc5ccc(c2[C@H]2O[C@H]2[C@H]1O)c3c45. The Hall–Kier alpha value is -2.16. The van der Waals surface area contributed by atoms with Crippen LogP contribution in [-0.4, -0.2) is 17.3 Å². The van der Waals surface area contributed by atoms with Crippen molar-refractivity contribution in [3.8, 4) is 0 Å².